The van der Waals surface area contributed by atoms with Crippen LogP contribution in [0.1, 0.15) is 64.7 Å². The van der Waals surface area contributed by atoms with Crippen LogP contribution in [0.4, 0.5) is 0 Å². The third-order valence-corrected chi connectivity index (χ3v) is 3.21. The van der Waals surface area contributed by atoms with E-state index in [1.54, 1.807) is 0 Å². The Balaban J connectivity index is 3.38. The minimum atomic E-state index is -1.19. The highest BCUT2D eigenvalue weighted by Gasteiger charge is 2.11. The zero-order valence-electron chi connectivity index (χ0n) is 13.2. The highest BCUT2D eigenvalue weighted by Crippen LogP contribution is 2.08. The highest BCUT2D eigenvalue weighted by molar-refractivity contribution is 5.71. The second-order valence-corrected chi connectivity index (χ2v) is 5.23. The normalized spacial score (nSPS) is 13.6. The molecule has 0 rings (SSSR count). The van der Waals surface area contributed by atoms with Crippen molar-refractivity contribution in [2.24, 2.45) is 0 Å². The summed E-state index contributed by atoms with van der Waals surface area (Å²) in [6.45, 7) is 2.20. The quantitative estimate of drug-likeness (QED) is 0.384. The van der Waals surface area contributed by atoms with E-state index in [1.165, 1.54) is 12.8 Å². The van der Waals surface area contributed by atoms with Crippen molar-refractivity contribution in [3.8, 4) is 0 Å². The maximum absolute atomic E-state index is 10.4. The van der Waals surface area contributed by atoms with E-state index in [4.69, 9.17) is 10.2 Å². The smallest absolute Gasteiger partial charge is 0.332 e. The fourth-order valence-electron chi connectivity index (χ4n) is 1.88. The van der Waals surface area contributed by atoms with Crippen LogP contribution in [0.15, 0.2) is 36.5 Å². The standard InChI is InChI=1S/C18H30O3/c1-2-3-4-5-6-7-8-9-10-11-12-13-14-15-16-17(19)18(20)21/h5-10,17,19H,2-4,11-16H2,1H3,(H,20,21)/b6-5+,8-7+,10-9-. The maximum atomic E-state index is 10.4. The van der Waals surface area contributed by atoms with Crippen molar-refractivity contribution in [2.45, 2.75) is 70.8 Å². The van der Waals surface area contributed by atoms with Gasteiger partial charge in [-0.1, -0.05) is 75.5 Å². The Morgan fingerprint density at radius 2 is 1.48 bits per heavy atom. The first-order valence-corrected chi connectivity index (χ1v) is 8.07. The number of hydrogen-bond donors (Lipinski definition) is 2. The van der Waals surface area contributed by atoms with Crippen molar-refractivity contribution in [2.75, 3.05) is 0 Å². The van der Waals surface area contributed by atoms with Crippen LogP contribution in [0.5, 0.6) is 0 Å². The van der Waals surface area contributed by atoms with Gasteiger partial charge in [0.2, 0.25) is 0 Å². The van der Waals surface area contributed by atoms with Gasteiger partial charge in [-0.05, 0) is 25.7 Å². The third-order valence-electron chi connectivity index (χ3n) is 3.21. The first-order chi connectivity index (χ1) is 10.2. The zero-order chi connectivity index (χ0) is 15.8. The van der Waals surface area contributed by atoms with Crippen LogP contribution in [0.3, 0.4) is 0 Å². The lowest BCUT2D eigenvalue weighted by Gasteiger charge is -2.04. The van der Waals surface area contributed by atoms with Crippen molar-refractivity contribution in [3.63, 3.8) is 0 Å². The number of carboxylic acids is 1. The molecular weight excluding hydrogens is 264 g/mol. The van der Waals surface area contributed by atoms with E-state index in [2.05, 4.69) is 37.3 Å². The number of allylic oxidation sites excluding steroid dienone is 6. The molecule has 0 saturated heterocycles. The maximum Gasteiger partial charge on any atom is 0.332 e. The Morgan fingerprint density at radius 3 is 2.05 bits per heavy atom. The molecule has 120 valence electrons. The Bertz CT molecular complexity index is 329. The van der Waals surface area contributed by atoms with E-state index in [0.29, 0.717) is 6.42 Å². The van der Waals surface area contributed by atoms with Crippen molar-refractivity contribution in [1.29, 1.82) is 0 Å². The topological polar surface area (TPSA) is 57.5 Å². The summed E-state index contributed by atoms with van der Waals surface area (Å²) in [6, 6.07) is 0. The van der Waals surface area contributed by atoms with Gasteiger partial charge < -0.3 is 10.2 Å². The monoisotopic (exact) mass is 294 g/mol. The van der Waals surface area contributed by atoms with E-state index >= 15 is 0 Å². The largest absolute Gasteiger partial charge is 0.479 e. The number of aliphatic hydroxyl groups is 1. The molecule has 1 unspecified atom stereocenters. The van der Waals surface area contributed by atoms with Gasteiger partial charge in [-0.3, -0.25) is 0 Å². The van der Waals surface area contributed by atoms with Crippen LogP contribution in [-0.4, -0.2) is 22.3 Å². The number of aliphatic hydroxyl groups excluding tert-OH is 1. The van der Waals surface area contributed by atoms with E-state index in [0.717, 1.165) is 38.5 Å². The SMILES string of the molecule is CCCC/C=C/C=C/C=C\CCCCCCC(O)C(=O)O. The molecule has 0 radical (unpaired) electrons. The molecule has 0 aliphatic carbocycles. The lowest BCUT2D eigenvalue weighted by molar-refractivity contribution is -0.146. The Hall–Kier alpha value is -1.35. The average Bonchev–Trinajstić information content (AvgIpc) is 2.47. The molecular formula is C18H30O3. The Kier molecular flexibility index (Phi) is 14.1. The first-order valence-electron chi connectivity index (χ1n) is 8.07. The summed E-state index contributed by atoms with van der Waals surface area (Å²) < 4.78 is 0. The molecule has 3 nitrogen and oxygen atoms in total. The van der Waals surface area contributed by atoms with Crippen molar-refractivity contribution in [3.05, 3.63) is 36.5 Å². The minimum absolute atomic E-state index is 0.359. The van der Waals surface area contributed by atoms with E-state index < -0.39 is 12.1 Å². The summed E-state index contributed by atoms with van der Waals surface area (Å²) in [4.78, 5) is 10.4. The number of rotatable bonds is 13. The van der Waals surface area contributed by atoms with Gasteiger partial charge >= 0.3 is 5.97 Å². The predicted octanol–water partition coefficient (Wildman–Crippen LogP) is 4.63. The molecule has 2 N–H and O–H groups in total. The molecule has 0 heterocycles. The van der Waals surface area contributed by atoms with Gasteiger partial charge in [0.05, 0.1) is 0 Å². The summed E-state index contributed by atoms with van der Waals surface area (Å²) in [6.07, 6.45) is 20.4. The molecule has 0 aromatic heterocycles. The van der Waals surface area contributed by atoms with E-state index in [-0.39, 0.29) is 0 Å². The summed E-state index contributed by atoms with van der Waals surface area (Å²) >= 11 is 0. The van der Waals surface area contributed by atoms with Crippen LogP contribution in [0.2, 0.25) is 0 Å². The summed E-state index contributed by atoms with van der Waals surface area (Å²) in [5, 5.41) is 17.6. The summed E-state index contributed by atoms with van der Waals surface area (Å²) in [5.41, 5.74) is 0. The lowest BCUT2D eigenvalue weighted by Crippen LogP contribution is -2.18. The fraction of sp³-hybridized carbons (Fsp3) is 0.611. The van der Waals surface area contributed by atoms with Gasteiger partial charge in [-0.2, -0.15) is 0 Å². The number of aliphatic carboxylic acids is 1. The van der Waals surface area contributed by atoms with Gasteiger partial charge in [-0.25, -0.2) is 4.79 Å². The molecule has 0 aliphatic rings. The average molecular weight is 294 g/mol. The molecule has 0 spiro atoms. The summed E-state index contributed by atoms with van der Waals surface area (Å²) in [7, 11) is 0. The Morgan fingerprint density at radius 1 is 0.905 bits per heavy atom. The Labute approximate surface area is 129 Å². The predicted molar refractivity (Wildman–Crippen MR) is 88.3 cm³/mol. The molecule has 0 bridgehead atoms. The van der Waals surface area contributed by atoms with Crippen LogP contribution >= 0.6 is 0 Å². The molecule has 0 fully saturated rings. The van der Waals surface area contributed by atoms with Crippen LogP contribution < -0.4 is 0 Å². The minimum Gasteiger partial charge on any atom is -0.479 e. The van der Waals surface area contributed by atoms with Crippen LogP contribution in [-0.2, 0) is 4.79 Å². The van der Waals surface area contributed by atoms with Crippen LogP contribution in [0, 0.1) is 0 Å². The molecule has 0 aliphatic heterocycles. The van der Waals surface area contributed by atoms with Crippen LogP contribution in [0.25, 0.3) is 0 Å². The molecule has 3 heteroatoms. The third kappa shape index (κ3) is 14.9. The molecule has 0 amide bonds. The molecule has 0 saturated carbocycles. The highest BCUT2D eigenvalue weighted by atomic mass is 16.4. The number of hydrogen-bond acceptors (Lipinski definition) is 2. The van der Waals surface area contributed by atoms with Crippen molar-refractivity contribution < 1.29 is 15.0 Å². The number of unbranched alkanes of at least 4 members (excludes halogenated alkanes) is 6. The molecule has 1 atom stereocenters. The van der Waals surface area contributed by atoms with Gasteiger partial charge in [0.15, 0.2) is 6.10 Å². The van der Waals surface area contributed by atoms with Crippen molar-refractivity contribution in [1.82, 2.24) is 0 Å². The molecule has 0 aromatic carbocycles. The molecule has 21 heavy (non-hydrogen) atoms. The van der Waals surface area contributed by atoms with Gasteiger partial charge in [0.1, 0.15) is 0 Å². The number of carbonyl (C=O) groups is 1. The first kappa shape index (κ1) is 19.7. The van der Waals surface area contributed by atoms with E-state index in [9.17, 15) is 4.79 Å². The number of carboxylic acid groups (broad SMARTS) is 1. The van der Waals surface area contributed by atoms with Gasteiger partial charge in [-0.15, -0.1) is 0 Å². The van der Waals surface area contributed by atoms with Gasteiger partial charge in [0.25, 0.3) is 0 Å². The molecule has 0 aromatic rings. The van der Waals surface area contributed by atoms with Gasteiger partial charge in [0, 0.05) is 0 Å². The van der Waals surface area contributed by atoms with E-state index in [1.807, 2.05) is 6.08 Å². The second kappa shape index (κ2) is 15.0. The lowest BCUT2D eigenvalue weighted by atomic mass is 10.1. The van der Waals surface area contributed by atoms with Crippen molar-refractivity contribution >= 4 is 5.97 Å². The fourth-order valence-corrected chi connectivity index (χ4v) is 1.88. The second-order valence-electron chi connectivity index (χ2n) is 5.23. The zero-order valence-corrected chi connectivity index (χ0v) is 13.2. The summed E-state index contributed by atoms with van der Waals surface area (Å²) in [5.74, 6) is -1.12.